The summed E-state index contributed by atoms with van der Waals surface area (Å²) in [7, 11) is 0. The van der Waals surface area contributed by atoms with E-state index in [4.69, 9.17) is 11.6 Å². The van der Waals surface area contributed by atoms with Crippen molar-refractivity contribution in [2.75, 3.05) is 13.1 Å². The van der Waals surface area contributed by atoms with E-state index in [1.807, 2.05) is 26.8 Å². The molecule has 0 saturated carbocycles. The van der Waals surface area contributed by atoms with Gasteiger partial charge >= 0.3 is 6.03 Å². The van der Waals surface area contributed by atoms with Crippen molar-refractivity contribution in [3.8, 4) is 0 Å². The second-order valence-corrected chi connectivity index (χ2v) is 9.95. The number of hydrogen-bond acceptors (Lipinski definition) is 4. The minimum Gasteiger partial charge on any atom is -0.389 e. The molecule has 0 aromatic rings. The first-order valence-electron chi connectivity index (χ1n) is 9.71. The standard InChI is InChI=1S/C20H36ClN3O4/c1-12(2)15(24-17(26)23-11-19(6,7)27)16(25)22-10-18(4,5)20(21,28)14-9-8-13(14)3/h8,12,14-15,27-28H,9-11H2,1-7H3,(H,22,25)(H2,23,24,26)/t14-,15+,20+/m0/s1. The Bertz CT molecular complexity index is 609. The van der Waals surface area contributed by atoms with Gasteiger partial charge in [-0.1, -0.05) is 50.9 Å². The van der Waals surface area contributed by atoms with Gasteiger partial charge in [-0.25, -0.2) is 4.79 Å². The molecule has 0 heterocycles. The summed E-state index contributed by atoms with van der Waals surface area (Å²) in [5, 5.41) is 27.1. The molecule has 0 radical (unpaired) electrons. The molecule has 0 unspecified atom stereocenters. The Kier molecular flexibility index (Phi) is 7.96. The summed E-state index contributed by atoms with van der Waals surface area (Å²) in [5.41, 5.74) is -0.785. The highest BCUT2D eigenvalue weighted by atomic mass is 35.5. The summed E-state index contributed by atoms with van der Waals surface area (Å²) in [5.74, 6) is -0.648. The first kappa shape index (κ1) is 24.7. The van der Waals surface area contributed by atoms with Crippen LogP contribution in [0, 0.1) is 17.3 Å². The van der Waals surface area contributed by atoms with Gasteiger partial charge in [-0.2, -0.15) is 0 Å². The van der Waals surface area contributed by atoms with Gasteiger partial charge in [-0.05, 0) is 33.1 Å². The molecule has 0 fully saturated rings. The number of halogens is 1. The second kappa shape index (κ2) is 9.01. The molecule has 0 spiro atoms. The quantitative estimate of drug-likeness (QED) is 0.292. The maximum absolute atomic E-state index is 12.7. The molecule has 0 aliphatic heterocycles. The molecule has 1 aliphatic rings. The van der Waals surface area contributed by atoms with Gasteiger partial charge in [-0.3, -0.25) is 4.79 Å². The Morgan fingerprint density at radius 3 is 2.14 bits per heavy atom. The van der Waals surface area contributed by atoms with E-state index < -0.39 is 28.1 Å². The second-order valence-electron chi connectivity index (χ2n) is 9.37. The van der Waals surface area contributed by atoms with Gasteiger partial charge < -0.3 is 26.2 Å². The molecule has 7 nitrogen and oxygen atoms in total. The molecule has 0 aromatic carbocycles. The Morgan fingerprint density at radius 2 is 1.75 bits per heavy atom. The smallest absolute Gasteiger partial charge is 0.315 e. The van der Waals surface area contributed by atoms with Crippen LogP contribution in [0.2, 0.25) is 0 Å². The van der Waals surface area contributed by atoms with E-state index in [-0.39, 0.29) is 30.8 Å². The lowest BCUT2D eigenvalue weighted by Crippen LogP contribution is -2.57. The third-order valence-corrected chi connectivity index (χ3v) is 6.03. The Balaban J connectivity index is 2.68. The number of carbonyl (C=O) groups excluding carboxylic acids is 2. The van der Waals surface area contributed by atoms with Crippen LogP contribution in [0.15, 0.2) is 11.6 Å². The van der Waals surface area contributed by atoms with E-state index in [0.29, 0.717) is 6.42 Å². The molecule has 3 amide bonds. The number of aliphatic hydroxyl groups is 2. The van der Waals surface area contributed by atoms with Crippen LogP contribution in [0.3, 0.4) is 0 Å². The van der Waals surface area contributed by atoms with Crippen LogP contribution in [0.25, 0.3) is 0 Å². The van der Waals surface area contributed by atoms with Gasteiger partial charge in [0.2, 0.25) is 5.91 Å². The number of hydrogen-bond donors (Lipinski definition) is 5. The number of rotatable bonds is 9. The first-order chi connectivity index (χ1) is 12.6. The van der Waals surface area contributed by atoms with Gasteiger partial charge in [0.25, 0.3) is 0 Å². The van der Waals surface area contributed by atoms with Crippen molar-refractivity contribution in [2.45, 2.75) is 71.6 Å². The lowest BCUT2D eigenvalue weighted by atomic mass is 9.70. The SMILES string of the molecule is CC1=CC[C@@H]1[C@](O)(Cl)C(C)(C)CNC(=O)[C@H](NC(=O)NCC(C)(C)O)C(C)C. The maximum Gasteiger partial charge on any atom is 0.315 e. The fourth-order valence-electron chi connectivity index (χ4n) is 2.97. The predicted molar refractivity (Wildman–Crippen MR) is 111 cm³/mol. The lowest BCUT2D eigenvalue weighted by molar-refractivity contribution is -0.125. The van der Waals surface area contributed by atoms with Crippen LogP contribution in [0.4, 0.5) is 4.79 Å². The van der Waals surface area contributed by atoms with Gasteiger partial charge in [0.1, 0.15) is 6.04 Å². The molecule has 3 atom stereocenters. The zero-order valence-electron chi connectivity index (χ0n) is 18.0. The van der Waals surface area contributed by atoms with Gasteiger partial charge in [0.05, 0.1) is 5.60 Å². The van der Waals surface area contributed by atoms with Gasteiger partial charge in [-0.15, -0.1) is 0 Å². The van der Waals surface area contributed by atoms with Gasteiger partial charge in [0, 0.05) is 24.4 Å². The topological polar surface area (TPSA) is 111 Å². The van der Waals surface area contributed by atoms with Crippen molar-refractivity contribution in [1.29, 1.82) is 0 Å². The monoisotopic (exact) mass is 417 g/mol. The van der Waals surface area contributed by atoms with E-state index in [1.165, 1.54) is 0 Å². The first-order valence-corrected chi connectivity index (χ1v) is 10.1. The Labute approximate surface area is 173 Å². The minimum absolute atomic E-state index is 0.0613. The van der Waals surface area contributed by atoms with E-state index in [2.05, 4.69) is 16.0 Å². The highest BCUT2D eigenvalue weighted by molar-refractivity contribution is 6.23. The van der Waals surface area contributed by atoms with E-state index in [9.17, 15) is 19.8 Å². The number of carbonyl (C=O) groups is 2. The summed E-state index contributed by atoms with van der Waals surface area (Å²) in [6.45, 7) is 12.6. The third kappa shape index (κ3) is 6.36. The highest BCUT2D eigenvalue weighted by Crippen LogP contribution is 2.48. The Morgan fingerprint density at radius 1 is 1.18 bits per heavy atom. The van der Waals surface area contributed by atoms with Crippen molar-refractivity contribution in [3.63, 3.8) is 0 Å². The van der Waals surface area contributed by atoms with Crippen LogP contribution in [-0.4, -0.2) is 51.9 Å². The fraction of sp³-hybridized carbons (Fsp3) is 0.800. The summed E-state index contributed by atoms with van der Waals surface area (Å²) in [6.07, 6.45) is 2.73. The average molecular weight is 418 g/mol. The number of alkyl halides is 1. The number of nitrogens with one attached hydrogen (secondary N) is 3. The number of amides is 3. The van der Waals surface area contributed by atoms with Crippen LogP contribution >= 0.6 is 11.6 Å². The molecule has 1 aliphatic carbocycles. The third-order valence-electron chi connectivity index (χ3n) is 5.26. The average Bonchev–Trinajstić information content (AvgIpc) is 2.52. The molecule has 0 bridgehead atoms. The zero-order valence-corrected chi connectivity index (χ0v) is 18.8. The van der Waals surface area contributed by atoms with E-state index in [1.54, 1.807) is 27.7 Å². The summed E-state index contributed by atoms with van der Waals surface area (Å²) in [6, 6.07) is -1.29. The Hall–Kier alpha value is -1.31. The molecular weight excluding hydrogens is 382 g/mol. The van der Waals surface area contributed by atoms with Crippen molar-refractivity contribution in [3.05, 3.63) is 11.6 Å². The normalized spacial score (nSPS) is 20.5. The molecule has 0 saturated heterocycles. The molecule has 0 aromatic heterocycles. The van der Waals surface area contributed by atoms with Crippen molar-refractivity contribution in [1.82, 2.24) is 16.0 Å². The maximum atomic E-state index is 12.7. The summed E-state index contributed by atoms with van der Waals surface area (Å²) < 4.78 is 0. The lowest BCUT2D eigenvalue weighted by Gasteiger charge is -2.46. The zero-order chi connectivity index (χ0) is 21.9. The predicted octanol–water partition coefficient (Wildman–Crippen LogP) is 2.12. The molecule has 28 heavy (non-hydrogen) atoms. The van der Waals surface area contributed by atoms with Gasteiger partial charge in [0.15, 0.2) is 5.06 Å². The van der Waals surface area contributed by atoms with Crippen molar-refractivity contribution >= 4 is 23.5 Å². The molecule has 5 N–H and O–H groups in total. The molecule has 1 rings (SSSR count). The highest BCUT2D eigenvalue weighted by Gasteiger charge is 2.50. The van der Waals surface area contributed by atoms with Crippen molar-refractivity contribution in [2.24, 2.45) is 17.3 Å². The van der Waals surface area contributed by atoms with Crippen LogP contribution in [0.5, 0.6) is 0 Å². The minimum atomic E-state index is -1.48. The number of allylic oxidation sites excluding steroid dienone is 1. The summed E-state index contributed by atoms with van der Waals surface area (Å²) in [4.78, 5) is 24.7. The van der Waals surface area contributed by atoms with Crippen LogP contribution < -0.4 is 16.0 Å². The van der Waals surface area contributed by atoms with Crippen LogP contribution in [0.1, 0.15) is 54.9 Å². The van der Waals surface area contributed by atoms with E-state index in [0.717, 1.165) is 5.57 Å². The molecular formula is C20H36ClN3O4. The van der Waals surface area contributed by atoms with E-state index >= 15 is 0 Å². The summed E-state index contributed by atoms with van der Waals surface area (Å²) >= 11 is 6.48. The van der Waals surface area contributed by atoms with Crippen LogP contribution in [-0.2, 0) is 4.79 Å². The number of urea groups is 1. The molecule has 8 heteroatoms. The van der Waals surface area contributed by atoms with Crippen molar-refractivity contribution < 1.29 is 19.8 Å². The fourth-order valence-corrected chi connectivity index (χ4v) is 3.29. The largest absolute Gasteiger partial charge is 0.389 e. The molecule has 162 valence electrons.